The van der Waals surface area contributed by atoms with Gasteiger partial charge < -0.3 is 21.3 Å². The van der Waals surface area contributed by atoms with E-state index in [9.17, 15) is 4.79 Å². The van der Waals surface area contributed by atoms with E-state index in [1.807, 2.05) is 6.08 Å². The predicted octanol–water partition coefficient (Wildman–Crippen LogP) is -0.539. The molecule has 0 aromatic carbocycles. The average molecular weight is 222 g/mol. The second-order valence-electron chi connectivity index (χ2n) is 3.12. The fourth-order valence-electron chi connectivity index (χ4n) is 1.33. The summed E-state index contributed by atoms with van der Waals surface area (Å²) < 4.78 is 5.70. The maximum absolute atomic E-state index is 11.3. The van der Waals surface area contributed by atoms with Gasteiger partial charge in [-0.1, -0.05) is 0 Å². The molecule has 0 bridgehead atoms. The van der Waals surface area contributed by atoms with Gasteiger partial charge in [-0.05, 0) is 10.8 Å². The van der Waals surface area contributed by atoms with Gasteiger partial charge in [0.1, 0.15) is 0 Å². The zero-order valence-electron chi connectivity index (χ0n) is 8.65. The third-order valence-electron chi connectivity index (χ3n) is 2.11. The first-order valence-corrected chi connectivity index (χ1v) is 4.59. The van der Waals surface area contributed by atoms with Crippen molar-refractivity contribution in [2.75, 3.05) is 12.8 Å². The molecule has 1 aliphatic heterocycles. The van der Waals surface area contributed by atoms with Crippen molar-refractivity contribution < 1.29 is 14.6 Å². The molecular formula is C9H12N5O2+. The van der Waals surface area contributed by atoms with Crippen LogP contribution in [0.3, 0.4) is 0 Å². The van der Waals surface area contributed by atoms with Gasteiger partial charge in [0.2, 0.25) is 5.69 Å². The summed E-state index contributed by atoms with van der Waals surface area (Å²) in [7, 11) is 1.29. The molecule has 1 aliphatic rings. The van der Waals surface area contributed by atoms with Gasteiger partial charge in [0.15, 0.2) is 5.82 Å². The van der Waals surface area contributed by atoms with Gasteiger partial charge >= 0.3 is 6.09 Å². The topological polar surface area (TPSA) is 95.5 Å². The fraction of sp³-hybridized carbons (Fsp3) is 0.111. The molecule has 0 atom stereocenters. The van der Waals surface area contributed by atoms with E-state index in [1.54, 1.807) is 18.5 Å². The molecule has 0 radical (unpaired) electrons. The Kier molecular flexibility index (Phi) is 2.50. The number of H-pyrrole nitrogens is 1. The Morgan fingerprint density at radius 3 is 3.00 bits per heavy atom. The number of methoxy groups -OCH3 is 1. The number of ether oxygens (including phenoxy) is 1. The van der Waals surface area contributed by atoms with Crippen LogP contribution < -0.4 is 21.7 Å². The maximum atomic E-state index is 11.3. The smallest absolute Gasteiger partial charge is 0.449 e. The summed E-state index contributed by atoms with van der Waals surface area (Å²) in [6.07, 6.45) is 4.75. The van der Waals surface area contributed by atoms with Crippen molar-refractivity contribution >= 4 is 17.5 Å². The summed E-state index contributed by atoms with van der Waals surface area (Å²) in [5.41, 5.74) is 12.9. The van der Waals surface area contributed by atoms with Gasteiger partial charge in [-0.3, -0.25) is 0 Å². The summed E-state index contributed by atoms with van der Waals surface area (Å²) in [5, 5.41) is 2.83. The van der Waals surface area contributed by atoms with E-state index in [1.165, 1.54) is 7.11 Å². The van der Waals surface area contributed by atoms with Gasteiger partial charge in [0.05, 0.1) is 18.7 Å². The third-order valence-corrected chi connectivity index (χ3v) is 2.11. The fourth-order valence-corrected chi connectivity index (χ4v) is 1.33. The van der Waals surface area contributed by atoms with E-state index in [0.717, 1.165) is 10.3 Å². The van der Waals surface area contributed by atoms with E-state index in [4.69, 9.17) is 5.73 Å². The van der Waals surface area contributed by atoms with Gasteiger partial charge in [0.25, 0.3) is 0 Å². The molecule has 0 saturated heterocycles. The van der Waals surface area contributed by atoms with Crippen LogP contribution in [0.5, 0.6) is 0 Å². The number of aromatic amines is 1. The Balaban J connectivity index is 2.34. The van der Waals surface area contributed by atoms with Crippen LogP contribution in [0.4, 0.5) is 10.6 Å². The lowest BCUT2D eigenvalue weighted by Crippen LogP contribution is -2.30. The summed E-state index contributed by atoms with van der Waals surface area (Å²) in [6.45, 7) is 0. The molecule has 5 N–H and O–H groups in total. The highest BCUT2D eigenvalue weighted by atomic mass is 16.5. The van der Waals surface area contributed by atoms with Crippen LogP contribution in [0.25, 0.3) is 5.57 Å². The van der Waals surface area contributed by atoms with Crippen LogP contribution in [0.15, 0.2) is 24.5 Å². The Bertz CT molecular complexity index is 474. The van der Waals surface area contributed by atoms with Crippen LogP contribution in [0.1, 0.15) is 5.69 Å². The van der Waals surface area contributed by atoms with E-state index in [2.05, 4.69) is 20.7 Å². The Morgan fingerprint density at radius 2 is 2.38 bits per heavy atom. The lowest BCUT2D eigenvalue weighted by molar-refractivity contribution is -0.474. The van der Waals surface area contributed by atoms with E-state index < -0.39 is 6.09 Å². The van der Waals surface area contributed by atoms with Crippen molar-refractivity contribution in [3.63, 3.8) is 0 Å². The molecule has 1 aromatic rings. The number of carbonyl (C=O) groups excluding carboxylic acids is 1. The Labute approximate surface area is 91.5 Å². The summed E-state index contributed by atoms with van der Waals surface area (Å²) in [4.78, 5) is 11.3. The average Bonchev–Trinajstić information content (AvgIpc) is 2.71. The summed E-state index contributed by atoms with van der Waals surface area (Å²) in [6, 6.07) is 1.65. The number of nitrogens with two attached hydrogens (primary N) is 1. The molecule has 7 heteroatoms. The Hall–Kier alpha value is -2.44. The molecule has 84 valence electrons. The van der Waals surface area contributed by atoms with Crippen LogP contribution in [-0.2, 0) is 4.74 Å². The summed E-state index contributed by atoms with van der Waals surface area (Å²) >= 11 is 0. The molecule has 0 unspecified atom stereocenters. The third kappa shape index (κ3) is 1.70. The molecule has 0 fully saturated rings. The van der Waals surface area contributed by atoms with Crippen molar-refractivity contribution in [3.8, 4) is 0 Å². The number of hydrogen-bond acceptors (Lipinski definition) is 5. The molecule has 7 nitrogen and oxygen atoms in total. The number of hydrazine groups is 1. The van der Waals surface area contributed by atoms with Gasteiger partial charge in [0, 0.05) is 12.4 Å². The molecule has 2 heterocycles. The maximum Gasteiger partial charge on any atom is 0.469 e. The zero-order chi connectivity index (χ0) is 11.5. The minimum atomic E-state index is -0.560. The predicted molar refractivity (Wildman–Crippen MR) is 56.6 cm³/mol. The van der Waals surface area contributed by atoms with Crippen molar-refractivity contribution in [2.45, 2.75) is 0 Å². The standard InChI is InChI=1S/C9H11N5O2/c1-16-9(15)14-8(10)4-7(13-14)6-2-3-11-12-5-6/h2-5,11-12H,10H2,1H3/p+1. The number of nitrogens with one attached hydrogen (secondary N) is 3. The number of anilines is 1. The second-order valence-corrected chi connectivity index (χ2v) is 3.12. The molecule has 1 aromatic heterocycles. The molecular weight excluding hydrogens is 210 g/mol. The highest BCUT2D eigenvalue weighted by Crippen LogP contribution is 2.14. The lowest BCUT2D eigenvalue weighted by Gasteiger charge is -2.04. The summed E-state index contributed by atoms with van der Waals surface area (Å²) in [5.74, 6) is 0.287. The quantitative estimate of drug-likeness (QED) is 0.593. The second kappa shape index (κ2) is 3.97. The van der Waals surface area contributed by atoms with Gasteiger partial charge in [-0.25, -0.2) is 4.79 Å². The first kappa shape index (κ1) is 10.1. The van der Waals surface area contributed by atoms with Gasteiger partial charge in [-0.2, -0.15) is 0 Å². The number of rotatable bonds is 1. The SMILES string of the molecule is COC(=O)n1[nH+]c(C2=CNNC=C2)cc1N. The van der Waals surface area contributed by atoms with E-state index in [0.29, 0.717) is 5.69 Å². The van der Waals surface area contributed by atoms with Crippen LogP contribution in [-0.4, -0.2) is 17.9 Å². The Morgan fingerprint density at radius 1 is 1.56 bits per heavy atom. The number of aromatic nitrogens is 2. The van der Waals surface area contributed by atoms with Crippen LogP contribution in [0, 0.1) is 0 Å². The molecule has 0 saturated carbocycles. The normalized spacial score (nSPS) is 13.7. The van der Waals surface area contributed by atoms with E-state index in [-0.39, 0.29) is 5.82 Å². The molecule has 0 amide bonds. The largest absolute Gasteiger partial charge is 0.469 e. The van der Waals surface area contributed by atoms with Crippen molar-refractivity contribution in [2.24, 2.45) is 0 Å². The first-order chi connectivity index (χ1) is 7.72. The van der Waals surface area contributed by atoms with Crippen LogP contribution >= 0.6 is 0 Å². The van der Waals surface area contributed by atoms with Crippen molar-refractivity contribution in [1.29, 1.82) is 0 Å². The molecule has 16 heavy (non-hydrogen) atoms. The minimum Gasteiger partial charge on any atom is -0.449 e. The number of hydrogen-bond donors (Lipinski definition) is 3. The number of allylic oxidation sites excluding steroid dienone is 2. The van der Waals surface area contributed by atoms with Crippen molar-refractivity contribution in [1.82, 2.24) is 15.5 Å². The number of nitrogens with zero attached hydrogens (tertiary/aromatic N) is 1. The minimum absolute atomic E-state index is 0.287. The molecule has 0 spiro atoms. The lowest BCUT2D eigenvalue weighted by atomic mass is 10.2. The van der Waals surface area contributed by atoms with E-state index >= 15 is 0 Å². The molecule has 2 rings (SSSR count). The molecule has 0 aliphatic carbocycles. The monoisotopic (exact) mass is 222 g/mol. The first-order valence-electron chi connectivity index (χ1n) is 4.59. The highest BCUT2D eigenvalue weighted by molar-refractivity contribution is 5.76. The number of nitrogen functional groups attached to an aromatic ring is 1. The van der Waals surface area contributed by atoms with Gasteiger partial charge in [-0.15, -0.1) is 5.10 Å². The van der Waals surface area contributed by atoms with Crippen LogP contribution in [0.2, 0.25) is 0 Å². The van der Waals surface area contributed by atoms with Crippen molar-refractivity contribution in [3.05, 3.63) is 30.2 Å². The zero-order valence-corrected chi connectivity index (χ0v) is 8.65. The number of carbonyl (C=O) groups is 1. The highest BCUT2D eigenvalue weighted by Gasteiger charge is 2.20.